The standard InChI is InChI=1S/C8H13NO2/c1-2-3-4-6-10-8-5-7-11-9-8/h5,7H,2-4,6H2,1H3. The molecule has 0 aliphatic rings. The molecule has 1 aromatic heterocycles. The predicted octanol–water partition coefficient (Wildman–Crippen LogP) is 2.24. The van der Waals surface area contributed by atoms with E-state index in [1.807, 2.05) is 0 Å². The lowest BCUT2D eigenvalue weighted by molar-refractivity contribution is 0.271. The van der Waals surface area contributed by atoms with E-state index in [0.29, 0.717) is 5.88 Å². The van der Waals surface area contributed by atoms with Gasteiger partial charge in [-0.05, 0) is 11.6 Å². The van der Waals surface area contributed by atoms with Crippen molar-refractivity contribution in [1.29, 1.82) is 0 Å². The second kappa shape index (κ2) is 4.77. The van der Waals surface area contributed by atoms with Crippen LogP contribution in [0, 0.1) is 0 Å². The highest BCUT2D eigenvalue weighted by Gasteiger charge is 1.94. The van der Waals surface area contributed by atoms with Crippen molar-refractivity contribution in [2.24, 2.45) is 0 Å². The number of hydrogen-bond acceptors (Lipinski definition) is 3. The Balaban J connectivity index is 2.04. The summed E-state index contributed by atoms with van der Waals surface area (Å²) in [6.07, 6.45) is 5.01. The number of unbranched alkanes of at least 4 members (excludes halogenated alkanes) is 2. The van der Waals surface area contributed by atoms with Gasteiger partial charge in [-0.1, -0.05) is 19.8 Å². The highest BCUT2D eigenvalue weighted by Crippen LogP contribution is 2.05. The van der Waals surface area contributed by atoms with Crippen molar-refractivity contribution in [1.82, 2.24) is 5.16 Å². The topological polar surface area (TPSA) is 35.3 Å². The molecule has 0 fully saturated rings. The zero-order valence-corrected chi connectivity index (χ0v) is 6.75. The Morgan fingerprint density at radius 3 is 3.09 bits per heavy atom. The average Bonchev–Trinajstić information content (AvgIpc) is 2.50. The highest BCUT2D eigenvalue weighted by atomic mass is 16.5. The Morgan fingerprint density at radius 1 is 1.55 bits per heavy atom. The summed E-state index contributed by atoms with van der Waals surface area (Å²) in [4.78, 5) is 0. The van der Waals surface area contributed by atoms with Crippen LogP contribution in [-0.2, 0) is 0 Å². The van der Waals surface area contributed by atoms with Crippen molar-refractivity contribution in [3.63, 3.8) is 0 Å². The average molecular weight is 155 g/mol. The van der Waals surface area contributed by atoms with Crippen LogP contribution in [0.25, 0.3) is 0 Å². The van der Waals surface area contributed by atoms with Crippen LogP contribution in [0.4, 0.5) is 0 Å². The molecule has 0 aromatic carbocycles. The van der Waals surface area contributed by atoms with Gasteiger partial charge in [0, 0.05) is 6.07 Å². The van der Waals surface area contributed by atoms with Gasteiger partial charge in [0.05, 0.1) is 6.61 Å². The van der Waals surface area contributed by atoms with E-state index < -0.39 is 0 Å². The predicted molar refractivity (Wildman–Crippen MR) is 41.5 cm³/mol. The minimum Gasteiger partial charge on any atom is -0.476 e. The van der Waals surface area contributed by atoms with E-state index in [-0.39, 0.29) is 0 Å². The molecule has 0 unspecified atom stereocenters. The molecule has 3 nitrogen and oxygen atoms in total. The smallest absolute Gasteiger partial charge is 0.253 e. The highest BCUT2D eigenvalue weighted by molar-refractivity contribution is 5.01. The van der Waals surface area contributed by atoms with Gasteiger partial charge in [-0.15, -0.1) is 0 Å². The molecule has 1 aromatic rings. The van der Waals surface area contributed by atoms with Crippen LogP contribution < -0.4 is 4.74 Å². The summed E-state index contributed by atoms with van der Waals surface area (Å²) in [7, 11) is 0. The van der Waals surface area contributed by atoms with E-state index >= 15 is 0 Å². The largest absolute Gasteiger partial charge is 0.476 e. The summed E-state index contributed by atoms with van der Waals surface area (Å²) >= 11 is 0. The maximum atomic E-state index is 5.24. The molecule has 0 atom stereocenters. The van der Waals surface area contributed by atoms with Gasteiger partial charge in [0.1, 0.15) is 6.26 Å². The van der Waals surface area contributed by atoms with Crippen LogP contribution in [0.3, 0.4) is 0 Å². The van der Waals surface area contributed by atoms with Gasteiger partial charge in [-0.25, -0.2) is 0 Å². The number of aromatic nitrogens is 1. The number of ether oxygens (including phenoxy) is 1. The van der Waals surface area contributed by atoms with Gasteiger partial charge >= 0.3 is 0 Å². The molecule has 0 radical (unpaired) electrons. The second-order valence-corrected chi connectivity index (χ2v) is 2.39. The van der Waals surface area contributed by atoms with Crippen molar-refractivity contribution in [2.75, 3.05) is 6.61 Å². The second-order valence-electron chi connectivity index (χ2n) is 2.39. The van der Waals surface area contributed by atoms with Crippen LogP contribution in [0.15, 0.2) is 16.9 Å². The summed E-state index contributed by atoms with van der Waals surface area (Å²) < 4.78 is 9.84. The summed E-state index contributed by atoms with van der Waals surface area (Å²) in [5, 5.41) is 3.62. The molecule has 11 heavy (non-hydrogen) atoms. The summed E-state index contributed by atoms with van der Waals surface area (Å²) in [6.45, 7) is 2.90. The summed E-state index contributed by atoms with van der Waals surface area (Å²) in [5.74, 6) is 0.584. The molecule has 0 aliphatic heterocycles. The maximum Gasteiger partial charge on any atom is 0.253 e. The van der Waals surface area contributed by atoms with Crippen molar-refractivity contribution in [3.05, 3.63) is 12.3 Å². The van der Waals surface area contributed by atoms with Crippen molar-refractivity contribution >= 4 is 0 Å². The van der Waals surface area contributed by atoms with E-state index in [9.17, 15) is 0 Å². The molecule has 0 spiro atoms. The van der Waals surface area contributed by atoms with Crippen LogP contribution >= 0.6 is 0 Å². The van der Waals surface area contributed by atoms with Crippen LogP contribution in [0.1, 0.15) is 26.2 Å². The Bertz CT molecular complexity index is 172. The Kier molecular flexibility index (Phi) is 3.52. The molecule has 0 bridgehead atoms. The third-order valence-electron chi connectivity index (χ3n) is 1.41. The lowest BCUT2D eigenvalue weighted by Crippen LogP contribution is -1.96. The van der Waals surface area contributed by atoms with E-state index in [0.717, 1.165) is 13.0 Å². The molecule has 1 heterocycles. The molecule has 0 saturated carbocycles. The zero-order valence-electron chi connectivity index (χ0n) is 6.75. The first-order valence-electron chi connectivity index (χ1n) is 3.96. The lowest BCUT2D eigenvalue weighted by atomic mass is 10.3. The minimum atomic E-state index is 0.584. The van der Waals surface area contributed by atoms with Gasteiger partial charge in [0.2, 0.25) is 0 Å². The van der Waals surface area contributed by atoms with E-state index in [1.54, 1.807) is 6.07 Å². The van der Waals surface area contributed by atoms with Crippen LogP contribution in [0.5, 0.6) is 5.88 Å². The van der Waals surface area contributed by atoms with Crippen molar-refractivity contribution < 1.29 is 9.26 Å². The first kappa shape index (κ1) is 8.11. The van der Waals surface area contributed by atoms with Gasteiger partial charge in [0.25, 0.3) is 5.88 Å². The fourth-order valence-corrected chi connectivity index (χ4v) is 0.805. The lowest BCUT2D eigenvalue weighted by Gasteiger charge is -1.98. The maximum absolute atomic E-state index is 5.24. The SMILES string of the molecule is CCCCCOc1ccon1. The molecule has 3 heteroatoms. The monoisotopic (exact) mass is 155 g/mol. The first-order chi connectivity index (χ1) is 5.43. The fraction of sp³-hybridized carbons (Fsp3) is 0.625. The summed E-state index contributed by atoms with van der Waals surface area (Å²) in [5.41, 5.74) is 0. The summed E-state index contributed by atoms with van der Waals surface area (Å²) in [6, 6.07) is 1.71. The Labute approximate surface area is 66.3 Å². The van der Waals surface area contributed by atoms with Crippen LogP contribution in [0.2, 0.25) is 0 Å². The van der Waals surface area contributed by atoms with Gasteiger partial charge in [0.15, 0.2) is 0 Å². The fourth-order valence-electron chi connectivity index (χ4n) is 0.805. The quantitative estimate of drug-likeness (QED) is 0.612. The molecular formula is C8H13NO2. The van der Waals surface area contributed by atoms with E-state index in [4.69, 9.17) is 4.74 Å². The number of hydrogen-bond donors (Lipinski definition) is 0. The third kappa shape index (κ3) is 3.07. The van der Waals surface area contributed by atoms with Gasteiger partial charge in [-0.2, -0.15) is 0 Å². The third-order valence-corrected chi connectivity index (χ3v) is 1.41. The molecule has 0 N–H and O–H groups in total. The minimum absolute atomic E-state index is 0.584. The number of nitrogens with zero attached hydrogens (tertiary/aromatic N) is 1. The Hall–Kier alpha value is -0.990. The van der Waals surface area contributed by atoms with Gasteiger partial charge < -0.3 is 9.26 Å². The van der Waals surface area contributed by atoms with E-state index in [1.165, 1.54) is 19.1 Å². The van der Waals surface area contributed by atoms with Crippen molar-refractivity contribution in [2.45, 2.75) is 26.2 Å². The normalized spacial score (nSPS) is 9.91. The Morgan fingerprint density at radius 2 is 2.45 bits per heavy atom. The molecule has 0 amide bonds. The molecule has 0 aliphatic carbocycles. The zero-order chi connectivity index (χ0) is 7.94. The van der Waals surface area contributed by atoms with E-state index in [2.05, 4.69) is 16.6 Å². The van der Waals surface area contributed by atoms with Crippen molar-refractivity contribution in [3.8, 4) is 5.88 Å². The first-order valence-corrected chi connectivity index (χ1v) is 3.96. The molecular weight excluding hydrogens is 142 g/mol. The van der Waals surface area contributed by atoms with Crippen LogP contribution in [-0.4, -0.2) is 11.8 Å². The van der Waals surface area contributed by atoms with Gasteiger partial charge in [-0.3, -0.25) is 0 Å². The molecule has 1 rings (SSSR count). The molecule has 62 valence electrons. The number of rotatable bonds is 5. The molecule has 0 saturated heterocycles.